The van der Waals surface area contributed by atoms with Gasteiger partial charge in [0, 0.05) is 19.4 Å². The van der Waals surface area contributed by atoms with Crippen LogP contribution in [-0.2, 0) is 9.59 Å². The quantitative estimate of drug-likeness (QED) is 0.686. The van der Waals surface area contributed by atoms with Crippen molar-refractivity contribution in [2.45, 2.75) is 47.5 Å². The van der Waals surface area contributed by atoms with Crippen LogP contribution in [0.3, 0.4) is 0 Å². The molecule has 0 aliphatic rings. The first kappa shape index (κ1) is 17.9. The molecule has 1 unspecified atom stereocenters. The van der Waals surface area contributed by atoms with Gasteiger partial charge in [0.25, 0.3) is 0 Å². The molecule has 0 saturated carbocycles. The highest BCUT2D eigenvalue weighted by Gasteiger charge is 2.35. The smallest absolute Gasteiger partial charge is 0.224 e. The number of hydrogen-bond acceptors (Lipinski definition) is 2. The SMILES string of the molecule is C=C(C)C(C(=O)CCC(C)C)[C@H](C(=O)NC)C(C)C. The van der Waals surface area contributed by atoms with E-state index in [1.165, 1.54) is 0 Å². The highest BCUT2D eigenvalue weighted by molar-refractivity contribution is 5.90. The monoisotopic (exact) mass is 267 g/mol. The Morgan fingerprint density at radius 3 is 2.00 bits per heavy atom. The molecule has 0 aromatic carbocycles. The van der Waals surface area contributed by atoms with Crippen LogP contribution in [0.15, 0.2) is 12.2 Å². The van der Waals surface area contributed by atoms with Crippen LogP contribution in [0.4, 0.5) is 0 Å². The summed E-state index contributed by atoms with van der Waals surface area (Å²) >= 11 is 0. The molecule has 3 heteroatoms. The number of hydrogen-bond donors (Lipinski definition) is 1. The van der Waals surface area contributed by atoms with E-state index in [-0.39, 0.29) is 29.4 Å². The van der Waals surface area contributed by atoms with Gasteiger partial charge in [-0.1, -0.05) is 39.8 Å². The Balaban J connectivity index is 5.10. The molecule has 1 amide bonds. The third kappa shape index (κ3) is 5.58. The predicted octanol–water partition coefficient (Wildman–Crippen LogP) is 3.20. The fraction of sp³-hybridized carbons (Fsp3) is 0.750. The normalized spacial score (nSPS) is 14.3. The van der Waals surface area contributed by atoms with Crippen molar-refractivity contribution in [1.29, 1.82) is 0 Å². The summed E-state index contributed by atoms with van der Waals surface area (Å²) in [5, 5.41) is 2.67. The number of carbonyl (C=O) groups excluding carboxylic acids is 2. The van der Waals surface area contributed by atoms with E-state index in [2.05, 4.69) is 25.7 Å². The van der Waals surface area contributed by atoms with Gasteiger partial charge in [-0.05, 0) is 25.2 Å². The van der Waals surface area contributed by atoms with Gasteiger partial charge in [0.05, 0.1) is 5.92 Å². The van der Waals surface area contributed by atoms with E-state index in [9.17, 15) is 9.59 Å². The van der Waals surface area contributed by atoms with Gasteiger partial charge in [-0.25, -0.2) is 0 Å². The summed E-state index contributed by atoms with van der Waals surface area (Å²) in [5.74, 6) is 0.00197. The molecule has 2 atom stereocenters. The van der Waals surface area contributed by atoms with E-state index >= 15 is 0 Å². The number of nitrogens with one attached hydrogen (secondary N) is 1. The number of rotatable bonds is 8. The van der Waals surface area contributed by atoms with Crippen molar-refractivity contribution in [1.82, 2.24) is 5.32 Å². The molecule has 19 heavy (non-hydrogen) atoms. The molecule has 1 N–H and O–H groups in total. The number of amides is 1. The van der Waals surface area contributed by atoms with Crippen molar-refractivity contribution in [2.75, 3.05) is 7.05 Å². The van der Waals surface area contributed by atoms with E-state index in [1.807, 2.05) is 20.8 Å². The fourth-order valence-corrected chi connectivity index (χ4v) is 2.37. The molecule has 0 bridgehead atoms. The van der Waals surface area contributed by atoms with Crippen molar-refractivity contribution in [3.05, 3.63) is 12.2 Å². The second-order valence-corrected chi connectivity index (χ2v) is 6.11. The highest BCUT2D eigenvalue weighted by atomic mass is 16.2. The van der Waals surface area contributed by atoms with Crippen LogP contribution < -0.4 is 5.32 Å². The molecule has 0 fully saturated rings. The van der Waals surface area contributed by atoms with Crippen molar-refractivity contribution >= 4 is 11.7 Å². The Morgan fingerprint density at radius 1 is 1.16 bits per heavy atom. The summed E-state index contributed by atoms with van der Waals surface area (Å²) in [7, 11) is 1.62. The predicted molar refractivity (Wildman–Crippen MR) is 79.8 cm³/mol. The van der Waals surface area contributed by atoms with Crippen molar-refractivity contribution in [2.24, 2.45) is 23.7 Å². The molecule has 0 heterocycles. The van der Waals surface area contributed by atoms with Crippen molar-refractivity contribution < 1.29 is 9.59 Å². The average Bonchev–Trinajstić information content (AvgIpc) is 2.30. The van der Waals surface area contributed by atoms with Crippen LogP contribution in [0.5, 0.6) is 0 Å². The molecule has 0 rings (SSSR count). The molecule has 0 aliphatic carbocycles. The lowest BCUT2D eigenvalue weighted by molar-refractivity contribution is -0.134. The van der Waals surface area contributed by atoms with Crippen LogP contribution in [0.2, 0.25) is 0 Å². The van der Waals surface area contributed by atoms with Gasteiger partial charge < -0.3 is 5.32 Å². The van der Waals surface area contributed by atoms with E-state index in [0.29, 0.717) is 12.3 Å². The first-order valence-corrected chi connectivity index (χ1v) is 7.12. The van der Waals surface area contributed by atoms with E-state index in [1.54, 1.807) is 7.05 Å². The molecule has 0 aliphatic heterocycles. The molecule has 0 spiro atoms. The summed E-state index contributed by atoms with van der Waals surface area (Å²) < 4.78 is 0. The number of Topliss-reactive ketones (excluding diaryl/α,β-unsaturated/α-hetero) is 1. The van der Waals surface area contributed by atoms with Gasteiger partial charge in [0.15, 0.2) is 0 Å². The lowest BCUT2D eigenvalue weighted by Gasteiger charge is -2.28. The fourth-order valence-electron chi connectivity index (χ4n) is 2.37. The molecule has 0 saturated heterocycles. The summed E-state index contributed by atoms with van der Waals surface area (Å²) in [4.78, 5) is 24.5. The summed E-state index contributed by atoms with van der Waals surface area (Å²) in [6, 6.07) is 0. The number of carbonyl (C=O) groups is 2. The van der Waals surface area contributed by atoms with Crippen LogP contribution in [0.1, 0.15) is 47.5 Å². The summed E-state index contributed by atoms with van der Waals surface area (Å²) in [6.45, 7) is 13.9. The third-order valence-electron chi connectivity index (χ3n) is 3.47. The van der Waals surface area contributed by atoms with Gasteiger partial charge in [0.2, 0.25) is 5.91 Å². The molecule has 110 valence electrons. The number of ketones is 1. The maximum absolute atomic E-state index is 12.4. The number of allylic oxidation sites excluding steroid dienone is 1. The molecular formula is C16H29NO2. The standard InChI is InChI=1S/C16H29NO2/c1-10(2)8-9-13(18)14(11(3)4)15(12(5)6)16(19)17-7/h10,12,14-15H,3,8-9H2,1-2,4-7H3,(H,17,19)/t14?,15-/m1/s1. The van der Waals surface area contributed by atoms with Gasteiger partial charge in [-0.3, -0.25) is 9.59 Å². The Hall–Kier alpha value is -1.12. The Bertz CT molecular complexity index is 332. The zero-order valence-corrected chi connectivity index (χ0v) is 13.2. The maximum atomic E-state index is 12.4. The zero-order valence-electron chi connectivity index (χ0n) is 13.2. The summed E-state index contributed by atoms with van der Waals surface area (Å²) in [6.07, 6.45) is 1.39. The van der Waals surface area contributed by atoms with Crippen LogP contribution in [0, 0.1) is 23.7 Å². The second kappa shape index (κ2) is 8.13. The Morgan fingerprint density at radius 2 is 1.68 bits per heavy atom. The van der Waals surface area contributed by atoms with Crippen LogP contribution in [0.25, 0.3) is 0 Å². The van der Waals surface area contributed by atoms with Crippen LogP contribution >= 0.6 is 0 Å². The maximum Gasteiger partial charge on any atom is 0.224 e. The topological polar surface area (TPSA) is 46.2 Å². The minimum absolute atomic E-state index is 0.0686. The lowest BCUT2D eigenvalue weighted by Crippen LogP contribution is -2.40. The van der Waals surface area contributed by atoms with Crippen molar-refractivity contribution in [3.8, 4) is 0 Å². The van der Waals surface area contributed by atoms with E-state index in [0.717, 1.165) is 12.0 Å². The first-order chi connectivity index (χ1) is 8.72. The largest absolute Gasteiger partial charge is 0.359 e. The minimum atomic E-state index is -0.362. The first-order valence-electron chi connectivity index (χ1n) is 7.12. The van der Waals surface area contributed by atoms with Gasteiger partial charge in [-0.15, -0.1) is 0 Å². The molecule has 0 aromatic heterocycles. The van der Waals surface area contributed by atoms with Crippen molar-refractivity contribution in [3.63, 3.8) is 0 Å². The molecule has 3 nitrogen and oxygen atoms in total. The average molecular weight is 267 g/mol. The van der Waals surface area contributed by atoms with E-state index in [4.69, 9.17) is 0 Å². The molecule has 0 radical (unpaired) electrons. The third-order valence-corrected chi connectivity index (χ3v) is 3.47. The lowest BCUT2D eigenvalue weighted by atomic mass is 9.75. The van der Waals surface area contributed by atoms with Crippen LogP contribution in [-0.4, -0.2) is 18.7 Å². The van der Waals surface area contributed by atoms with Gasteiger partial charge in [0.1, 0.15) is 5.78 Å². The Kier molecular flexibility index (Phi) is 7.65. The second-order valence-electron chi connectivity index (χ2n) is 6.11. The summed E-state index contributed by atoms with van der Waals surface area (Å²) in [5.41, 5.74) is 0.788. The highest BCUT2D eigenvalue weighted by Crippen LogP contribution is 2.29. The zero-order chi connectivity index (χ0) is 15.2. The minimum Gasteiger partial charge on any atom is -0.359 e. The molecular weight excluding hydrogens is 238 g/mol. The van der Waals surface area contributed by atoms with Gasteiger partial charge >= 0.3 is 0 Å². The van der Waals surface area contributed by atoms with E-state index < -0.39 is 0 Å². The molecule has 0 aromatic rings. The van der Waals surface area contributed by atoms with Gasteiger partial charge in [-0.2, -0.15) is 0 Å². The Labute approximate surface area is 117 Å².